The van der Waals surface area contributed by atoms with Gasteiger partial charge in [0.1, 0.15) is 0 Å². The van der Waals surface area contributed by atoms with Crippen LogP contribution < -0.4 is 24.8 Å². The second-order valence-corrected chi connectivity index (χ2v) is 6.41. The van der Waals surface area contributed by atoms with Gasteiger partial charge in [0.2, 0.25) is 5.75 Å². The smallest absolute Gasteiger partial charge is 0.203 e. The van der Waals surface area contributed by atoms with Crippen LogP contribution in [0.15, 0.2) is 27.7 Å². The van der Waals surface area contributed by atoms with Crippen molar-refractivity contribution in [3.8, 4) is 17.2 Å². The van der Waals surface area contributed by atoms with E-state index in [-0.39, 0.29) is 0 Å². The minimum Gasteiger partial charge on any atom is -0.493 e. The first-order valence-electron chi connectivity index (χ1n) is 9.30. The topological polar surface area (TPSA) is 90.1 Å². The second kappa shape index (κ2) is 10.4. The van der Waals surface area contributed by atoms with Crippen molar-refractivity contribution in [3.05, 3.63) is 35.2 Å². The summed E-state index contributed by atoms with van der Waals surface area (Å²) in [7, 11) is 4.93. The lowest BCUT2D eigenvalue weighted by atomic mass is 10.1. The summed E-state index contributed by atoms with van der Waals surface area (Å²) in [5.41, 5.74) is 1.91. The SMILES string of the molecule is CCOc1c(OC)cc(CNC(=NC)NCc2cc(C(C)C)no2)cc1OC. The molecule has 8 heteroatoms. The van der Waals surface area contributed by atoms with Crippen LogP contribution in [0.2, 0.25) is 0 Å². The summed E-state index contributed by atoms with van der Waals surface area (Å²) in [6, 6.07) is 5.78. The molecule has 1 aromatic heterocycles. The molecule has 0 bridgehead atoms. The van der Waals surface area contributed by atoms with E-state index in [2.05, 4.69) is 34.6 Å². The molecular weight excluding hydrogens is 360 g/mol. The van der Waals surface area contributed by atoms with E-state index in [1.807, 2.05) is 25.1 Å². The largest absolute Gasteiger partial charge is 0.493 e. The average Bonchev–Trinajstić information content (AvgIpc) is 3.18. The third kappa shape index (κ3) is 5.55. The third-order valence-electron chi connectivity index (χ3n) is 4.09. The molecule has 0 saturated heterocycles. The molecule has 0 aliphatic carbocycles. The predicted octanol–water partition coefficient (Wildman–Crippen LogP) is 3.08. The Morgan fingerprint density at radius 3 is 2.25 bits per heavy atom. The Kier molecular flexibility index (Phi) is 7.98. The van der Waals surface area contributed by atoms with E-state index >= 15 is 0 Å². The fourth-order valence-corrected chi connectivity index (χ4v) is 2.58. The standard InChI is InChI=1S/C20H30N4O4/c1-7-27-19-17(25-5)8-14(9-18(19)26-6)11-22-20(21-4)23-12-15-10-16(13(2)3)24-28-15/h8-10,13H,7,11-12H2,1-6H3,(H2,21,22,23). The highest BCUT2D eigenvalue weighted by Gasteiger charge is 2.14. The Labute approximate surface area is 166 Å². The maximum Gasteiger partial charge on any atom is 0.203 e. The van der Waals surface area contributed by atoms with Gasteiger partial charge in [-0.05, 0) is 30.5 Å². The fourth-order valence-electron chi connectivity index (χ4n) is 2.58. The normalized spacial score (nSPS) is 11.5. The van der Waals surface area contributed by atoms with Gasteiger partial charge in [0.25, 0.3) is 0 Å². The molecule has 2 N–H and O–H groups in total. The summed E-state index contributed by atoms with van der Waals surface area (Å²) >= 11 is 0. The molecule has 0 saturated carbocycles. The molecule has 0 unspecified atom stereocenters. The quantitative estimate of drug-likeness (QED) is 0.502. The summed E-state index contributed by atoms with van der Waals surface area (Å²) in [5, 5.41) is 10.5. The highest BCUT2D eigenvalue weighted by atomic mass is 16.5. The number of aliphatic imine (C=N–C) groups is 1. The third-order valence-corrected chi connectivity index (χ3v) is 4.09. The van der Waals surface area contributed by atoms with Crippen molar-refractivity contribution < 1.29 is 18.7 Å². The summed E-state index contributed by atoms with van der Waals surface area (Å²) < 4.78 is 21.9. The van der Waals surface area contributed by atoms with Crippen molar-refractivity contribution in [1.29, 1.82) is 0 Å². The molecule has 154 valence electrons. The van der Waals surface area contributed by atoms with E-state index in [1.54, 1.807) is 21.3 Å². The van der Waals surface area contributed by atoms with E-state index < -0.39 is 0 Å². The molecule has 2 rings (SSSR count). The number of aromatic nitrogens is 1. The van der Waals surface area contributed by atoms with Crippen LogP contribution in [0.25, 0.3) is 0 Å². The summed E-state index contributed by atoms with van der Waals surface area (Å²) in [6.45, 7) is 7.63. The molecule has 0 amide bonds. The van der Waals surface area contributed by atoms with Crippen molar-refractivity contribution in [3.63, 3.8) is 0 Å². The number of benzene rings is 1. The molecule has 0 fully saturated rings. The number of nitrogens with zero attached hydrogens (tertiary/aromatic N) is 2. The number of guanidine groups is 1. The maximum absolute atomic E-state index is 5.64. The minimum atomic E-state index is 0.333. The minimum absolute atomic E-state index is 0.333. The van der Waals surface area contributed by atoms with E-state index in [0.717, 1.165) is 17.0 Å². The molecule has 1 heterocycles. The molecule has 1 aromatic carbocycles. The van der Waals surface area contributed by atoms with Crippen LogP contribution in [0, 0.1) is 0 Å². The zero-order chi connectivity index (χ0) is 20.5. The van der Waals surface area contributed by atoms with Crippen molar-refractivity contribution in [2.45, 2.75) is 39.8 Å². The zero-order valence-electron chi connectivity index (χ0n) is 17.5. The predicted molar refractivity (Wildman–Crippen MR) is 108 cm³/mol. The number of hydrogen-bond acceptors (Lipinski definition) is 6. The summed E-state index contributed by atoms with van der Waals surface area (Å²) in [5.74, 6) is 3.60. The van der Waals surface area contributed by atoms with Crippen molar-refractivity contribution >= 4 is 5.96 Å². The first-order chi connectivity index (χ1) is 13.5. The molecule has 0 aliphatic heterocycles. The van der Waals surface area contributed by atoms with Crippen molar-refractivity contribution in [2.75, 3.05) is 27.9 Å². The van der Waals surface area contributed by atoms with Gasteiger partial charge in [-0.2, -0.15) is 0 Å². The first kappa shape index (κ1) is 21.4. The number of nitrogens with one attached hydrogen (secondary N) is 2. The summed E-state index contributed by atoms with van der Waals surface area (Å²) in [6.07, 6.45) is 0. The highest BCUT2D eigenvalue weighted by Crippen LogP contribution is 2.38. The Balaban J connectivity index is 2.00. The molecule has 0 atom stereocenters. The Hall–Kier alpha value is -2.90. The molecule has 0 spiro atoms. The van der Waals surface area contributed by atoms with Crippen LogP contribution in [0.4, 0.5) is 0 Å². The summed E-state index contributed by atoms with van der Waals surface area (Å²) in [4.78, 5) is 4.24. The first-order valence-corrected chi connectivity index (χ1v) is 9.30. The zero-order valence-corrected chi connectivity index (χ0v) is 17.5. The van der Waals surface area contributed by atoms with Crippen LogP contribution >= 0.6 is 0 Å². The van der Waals surface area contributed by atoms with Gasteiger partial charge >= 0.3 is 0 Å². The van der Waals surface area contributed by atoms with E-state index in [1.165, 1.54) is 0 Å². The van der Waals surface area contributed by atoms with E-state index in [0.29, 0.717) is 48.8 Å². The lowest BCUT2D eigenvalue weighted by molar-refractivity contribution is 0.288. The fraction of sp³-hybridized carbons (Fsp3) is 0.500. The molecule has 0 aliphatic rings. The Morgan fingerprint density at radius 2 is 1.75 bits per heavy atom. The van der Waals surface area contributed by atoms with Crippen molar-refractivity contribution in [2.24, 2.45) is 4.99 Å². The number of rotatable bonds is 9. The molecule has 0 radical (unpaired) electrons. The van der Waals surface area contributed by atoms with Crippen LogP contribution in [0.3, 0.4) is 0 Å². The van der Waals surface area contributed by atoms with Crippen LogP contribution in [-0.4, -0.2) is 39.0 Å². The highest BCUT2D eigenvalue weighted by molar-refractivity contribution is 5.79. The van der Waals surface area contributed by atoms with Gasteiger partial charge in [-0.1, -0.05) is 19.0 Å². The van der Waals surface area contributed by atoms with E-state index in [4.69, 9.17) is 18.7 Å². The lowest BCUT2D eigenvalue weighted by Gasteiger charge is -2.16. The van der Waals surface area contributed by atoms with Gasteiger partial charge in [-0.15, -0.1) is 0 Å². The monoisotopic (exact) mass is 390 g/mol. The van der Waals surface area contributed by atoms with Gasteiger partial charge < -0.3 is 29.4 Å². The van der Waals surface area contributed by atoms with E-state index in [9.17, 15) is 0 Å². The molecular formula is C20H30N4O4. The Bertz CT molecular complexity index is 761. The molecule has 2 aromatic rings. The van der Waals surface area contributed by atoms with Gasteiger partial charge in [0.15, 0.2) is 23.2 Å². The van der Waals surface area contributed by atoms with Gasteiger partial charge in [0, 0.05) is 19.7 Å². The van der Waals surface area contributed by atoms with Gasteiger partial charge in [-0.25, -0.2) is 0 Å². The second-order valence-electron chi connectivity index (χ2n) is 6.41. The van der Waals surface area contributed by atoms with Crippen LogP contribution in [0.5, 0.6) is 17.2 Å². The lowest BCUT2D eigenvalue weighted by Crippen LogP contribution is -2.36. The Morgan fingerprint density at radius 1 is 1.11 bits per heavy atom. The molecule has 8 nitrogen and oxygen atoms in total. The van der Waals surface area contributed by atoms with Gasteiger partial charge in [-0.3, -0.25) is 4.99 Å². The number of ether oxygens (including phenoxy) is 3. The maximum atomic E-state index is 5.64. The number of hydrogen-bond donors (Lipinski definition) is 2. The van der Waals surface area contributed by atoms with Crippen LogP contribution in [0.1, 0.15) is 43.7 Å². The van der Waals surface area contributed by atoms with Gasteiger partial charge in [0.05, 0.1) is 33.1 Å². The molecule has 28 heavy (non-hydrogen) atoms. The average molecular weight is 390 g/mol. The number of methoxy groups -OCH3 is 2. The van der Waals surface area contributed by atoms with Crippen LogP contribution in [-0.2, 0) is 13.1 Å². The van der Waals surface area contributed by atoms with Crippen molar-refractivity contribution in [1.82, 2.24) is 15.8 Å².